The zero-order chi connectivity index (χ0) is 15.6. The SMILES string of the molecule is O=S(=O)(c1ccc(Br)c(F)c1)N(CCO)CC(F)(F)F. The van der Waals surface area contributed by atoms with Gasteiger partial charge in [0.2, 0.25) is 10.0 Å². The monoisotopic (exact) mass is 379 g/mol. The summed E-state index contributed by atoms with van der Waals surface area (Å²) in [6.07, 6.45) is -4.77. The highest BCUT2D eigenvalue weighted by Crippen LogP contribution is 2.25. The fraction of sp³-hybridized carbons (Fsp3) is 0.400. The number of halogens is 5. The van der Waals surface area contributed by atoms with E-state index in [9.17, 15) is 26.0 Å². The third-order valence-corrected chi connectivity index (χ3v) is 4.72. The van der Waals surface area contributed by atoms with Gasteiger partial charge in [0.15, 0.2) is 0 Å². The summed E-state index contributed by atoms with van der Waals surface area (Å²) in [5.74, 6) is -0.915. The average Bonchev–Trinajstić information content (AvgIpc) is 2.30. The summed E-state index contributed by atoms with van der Waals surface area (Å²) >= 11 is 2.81. The Kier molecular flexibility index (Phi) is 5.53. The first kappa shape index (κ1) is 17.3. The molecular weight excluding hydrogens is 370 g/mol. The Morgan fingerprint density at radius 3 is 2.35 bits per heavy atom. The van der Waals surface area contributed by atoms with Crippen molar-refractivity contribution >= 4 is 26.0 Å². The summed E-state index contributed by atoms with van der Waals surface area (Å²) in [7, 11) is -4.54. The Balaban J connectivity index is 3.18. The second kappa shape index (κ2) is 6.37. The molecular formula is C10H10BrF4NO3S. The van der Waals surface area contributed by atoms with Gasteiger partial charge in [-0.25, -0.2) is 12.8 Å². The molecule has 0 aliphatic carbocycles. The van der Waals surface area contributed by atoms with Crippen LogP contribution in [-0.4, -0.2) is 43.7 Å². The fourth-order valence-electron chi connectivity index (χ4n) is 1.38. The van der Waals surface area contributed by atoms with Gasteiger partial charge in [0.25, 0.3) is 0 Å². The first-order valence-electron chi connectivity index (χ1n) is 5.21. The van der Waals surface area contributed by atoms with Crippen LogP contribution in [0.3, 0.4) is 0 Å². The first-order valence-corrected chi connectivity index (χ1v) is 7.44. The van der Waals surface area contributed by atoms with E-state index in [4.69, 9.17) is 5.11 Å². The van der Waals surface area contributed by atoms with Crippen LogP contribution in [-0.2, 0) is 10.0 Å². The Labute approximate surface area is 121 Å². The van der Waals surface area contributed by atoms with Crippen LogP contribution in [0.25, 0.3) is 0 Å². The average molecular weight is 380 g/mol. The lowest BCUT2D eigenvalue weighted by Gasteiger charge is -2.22. The van der Waals surface area contributed by atoms with Crippen LogP contribution < -0.4 is 0 Å². The second-order valence-electron chi connectivity index (χ2n) is 3.75. The molecule has 4 nitrogen and oxygen atoms in total. The van der Waals surface area contributed by atoms with Crippen molar-refractivity contribution in [1.29, 1.82) is 0 Å². The zero-order valence-corrected chi connectivity index (χ0v) is 12.3. The van der Waals surface area contributed by atoms with Crippen molar-refractivity contribution in [2.75, 3.05) is 19.7 Å². The van der Waals surface area contributed by atoms with Crippen LogP contribution in [0.5, 0.6) is 0 Å². The van der Waals surface area contributed by atoms with Gasteiger partial charge in [0, 0.05) is 6.54 Å². The molecule has 0 unspecified atom stereocenters. The summed E-state index contributed by atoms with van der Waals surface area (Å²) in [5, 5.41) is 8.69. The molecule has 0 heterocycles. The number of rotatable bonds is 5. The normalized spacial score (nSPS) is 12.9. The second-order valence-corrected chi connectivity index (χ2v) is 6.55. The molecule has 0 amide bonds. The maximum atomic E-state index is 13.3. The Hall–Kier alpha value is -0.710. The van der Waals surface area contributed by atoms with E-state index in [1.807, 2.05) is 0 Å². The Bertz CT molecular complexity index is 576. The number of aliphatic hydroxyl groups excluding tert-OH is 1. The van der Waals surface area contributed by atoms with Crippen molar-refractivity contribution in [3.8, 4) is 0 Å². The lowest BCUT2D eigenvalue weighted by Crippen LogP contribution is -2.40. The number of sulfonamides is 1. The van der Waals surface area contributed by atoms with Crippen molar-refractivity contribution in [2.45, 2.75) is 11.1 Å². The molecule has 0 aliphatic rings. The van der Waals surface area contributed by atoms with E-state index in [-0.39, 0.29) is 8.78 Å². The molecule has 0 aromatic heterocycles. The third-order valence-electron chi connectivity index (χ3n) is 2.23. The first-order chi connectivity index (χ1) is 9.08. The van der Waals surface area contributed by atoms with Crippen LogP contribution >= 0.6 is 15.9 Å². The maximum Gasteiger partial charge on any atom is 0.402 e. The zero-order valence-electron chi connectivity index (χ0n) is 9.86. The Morgan fingerprint density at radius 1 is 1.30 bits per heavy atom. The topological polar surface area (TPSA) is 57.6 Å². The smallest absolute Gasteiger partial charge is 0.395 e. The van der Waals surface area contributed by atoms with Gasteiger partial charge >= 0.3 is 6.18 Å². The summed E-state index contributed by atoms with van der Waals surface area (Å²) in [6.45, 7) is -3.28. The van der Waals surface area contributed by atoms with Crippen molar-refractivity contribution in [1.82, 2.24) is 4.31 Å². The minimum absolute atomic E-state index is 0.0130. The van der Waals surface area contributed by atoms with Crippen LogP contribution in [0.15, 0.2) is 27.6 Å². The van der Waals surface area contributed by atoms with Gasteiger partial charge in [-0.2, -0.15) is 17.5 Å². The van der Waals surface area contributed by atoms with Gasteiger partial charge in [-0.15, -0.1) is 0 Å². The largest absolute Gasteiger partial charge is 0.402 e. The number of hydrogen-bond acceptors (Lipinski definition) is 3. The van der Waals surface area contributed by atoms with E-state index in [0.29, 0.717) is 6.07 Å². The predicted octanol–water partition coefficient (Wildman–Crippen LogP) is 2.13. The minimum atomic E-state index is -4.77. The number of hydrogen-bond donors (Lipinski definition) is 1. The summed E-state index contributed by atoms with van der Waals surface area (Å²) < 4.78 is 74.4. The number of nitrogens with zero attached hydrogens (tertiary/aromatic N) is 1. The highest BCUT2D eigenvalue weighted by Gasteiger charge is 2.36. The maximum absolute atomic E-state index is 13.3. The van der Waals surface area contributed by atoms with Gasteiger partial charge in [-0.3, -0.25) is 0 Å². The molecule has 1 aromatic carbocycles. The van der Waals surface area contributed by atoms with Gasteiger partial charge < -0.3 is 5.11 Å². The van der Waals surface area contributed by atoms with E-state index in [1.165, 1.54) is 0 Å². The molecule has 114 valence electrons. The number of benzene rings is 1. The van der Waals surface area contributed by atoms with E-state index < -0.39 is 46.6 Å². The highest BCUT2D eigenvalue weighted by atomic mass is 79.9. The quantitative estimate of drug-likeness (QED) is 0.797. The van der Waals surface area contributed by atoms with Gasteiger partial charge in [0.1, 0.15) is 12.4 Å². The molecule has 0 fully saturated rings. The molecule has 0 saturated carbocycles. The molecule has 0 saturated heterocycles. The van der Waals surface area contributed by atoms with Crippen molar-refractivity contribution in [3.05, 3.63) is 28.5 Å². The molecule has 0 radical (unpaired) electrons. The molecule has 0 spiro atoms. The standard InChI is InChI=1S/C10H10BrF4NO3S/c11-8-2-1-7(5-9(8)12)20(18,19)16(3-4-17)6-10(13,14)15/h1-2,5,17H,3-4,6H2. The number of alkyl halides is 3. The van der Waals surface area contributed by atoms with E-state index in [2.05, 4.69) is 15.9 Å². The molecule has 1 rings (SSSR count). The van der Waals surface area contributed by atoms with Gasteiger partial charge in [-0.1, -0.05) is 0 Å². The molecule has 0 bridgehead atoms. The van der Waals surface area contributed by atoms with Crippen molar-refractivity contribution in [2.24, 2.45) is 0 Å². The van der Waals surface area contributed by atoms with E-state index in [0.717, 1.165) is 12.1 Å². The Morgan fingerprint density at radius 2 is 1.90 bits per heavy atom. The van der Waals surface area contributed by atoms with Crippen molar-refractivity contribution in [3.63, 3.8) is 0 Å². The summed E-state index contributed by atoms with van der Waals surface area (Å²) in [4.78, 5) is -0.615. The van der Waals surface area contributed by atoms with Crippen LogP contribution in [0.2, 0.25) is 0 Å². The van der Waals surface area contributed by atoms with Crippen LogP contribution in [0.4, 0.5) is 17.6 Å². The third kappa shape index (κ3) is 4.40. The fourth-order valence-corrected chi connectivity index (χ4v) is 3.06. The lowest BCUT2D eigenvalue weighted by atomic mass is 10.3. The predicted molar refractivity (Wildman–Crippen MR) is 66.0 cm³/mol. The molecule has 0 aliphatic heterocycles. The summed E-state index contributed by atoms with van der Waals surface area (Å²) in [5.41, 5.74) is 0. The lowest BCUT2D eigenvalue weighted by molar-refractivity contribution is -0.136. The van der Waals surface area contributed by atoms with E-state index in [1.54, 1.807) is 0 Å². The minimum Gasteiger partial charge on any atom is -0.395 e. The molecule has 1 aromatic rings. The molecule has 20 heavy (non-hydrogen) atoms. The van der Waals surface area contributed by atoms with Gasteiger partial charge in [-0.05, 0) is 34.1 Å². The van der Waals surface area contributed by atoms with E-state index >= 15 is 0 Å². The van der Waals surface area contributed by atoms with Crippen molar-refractivity contribution < 1.29 is 31.1 Å². The van der Waals surface area contributed by atoms with Crippen LogP contribution in [0.1, 0.15) is 0 Å². The van der Waals surface area contributed by atoms with Gasteiger partial charge in [0.05, 0.1) is 16.0 Å². The highest BCUT2D eigenvalue weighted by molar-refractivity contribution is 9.10. The molecule has 0 atom stereocenters. The molecule has 1 N–H and O–H groups in total. The molecule has 10 heteroatoms. The van der Waals surface area contributed by atoms with Crippen LogP contribution in [0, 0.1) is 5.82 Å². The number of aliphatic hydroxyl groups is 1. The summed E-state index contributed by atoms with van der Waals surface area (Å²) in [6, 6.07) is 2.66.